The van der Waals surface area contributed by atoms with Crippen molar-refractivity contribution in [2.24, 2.45) is 5.92 Å². The van der Waals surface area contributed by atoms with Crippen LogP contribution < -0.4 is 0 Å². The molecule has 3 aromatic heterocycles. The van der Waals surface area contributed by atoms with E-state index >= 15 is 0 Å². The van der Waals surface area contributed by atoms with Crippen LogP contribution in [-0.4, -0.2) is 56.5 Å². The molecular weight excluding hydrogens is 318 g/mol. The molecule has 1 saturated heterocycles. The Bertz CT molecular complexity index is 864. The molecule has 7 heteroatoms. The summed E-state index contributed by atoms with van der Waals surface area (Å²) < 4.78 is 7.79. The van der Waals surface area contributed by atoms with Crippen molar-refractivity contribution in [1.82, 2.24) is 24.3 Å². The van der Waals surface area contributed by atoms with E-state index in [1.54, 1.807) is 12.4 Å². The predicted molar refractivity (Wildman–Crippen MR) is 91.1 cm³/mol. The highest BCUT2D eigenvalue weighted by molar-refractivity contribution is 5.93. The van der Waals surface area contributed by atoms with Gasteiger partial charge in [0.15, 0.2) is 0 Å². The van der Waals surface area contributed by atoms with Crippen LogP contribution in [0.15, 0.2) is 49.4 Å². The van der Waals surface area contributed by atoms with Gasteiger partial charge in [-0.05, 0) is 18.6 Å². The molecule has 1 amide bonds. The van der Waals surface area contributed by atoms with Crippen LogP contribution in [0.25, 0.3) is 5.52 Å². The molecule has 1 unspecified atom stereocenters. The monoisotopic (exact) mass is 337 g/mol. The summed E-state index contributed by atoms with van der Waals surface area (Å²) in [7, 11) is 0. The summed E-state index contributed by atoms with van der Waals surface area (Å²) in [6, 6.07) is 4.07. The van der Waals surface area contributed by atoms with Gasteiger partial charge >= 0.3 is 0 Å². The zero-order valence-electron chi connectivity index (χ0n) is 13.8. The average molecular weight is 337 g/mol. The van der Waals surface area contributed by atoms with Gasteiger partial charge in [0, 0.05) is 50.0 Å². The average Bonchev–Trinajstić information content (AvgIpc) is 3.02. The third kappa shape index (κ3) is 3.36. The van der Waals surface area contributed by atoms with Gasteiger partial charge in [-0.1, -0.05) is 0 Å². The van der Waals surface area contributed by atoms with Gasteiger partial charge in [0.05, 0.1) is 30.0 Å². The number of hydrogen-bond donors (Lipinski definition) is 0. The molecular formula is C18H19N5O2. The molecule has 0 aromatic carbocycles. The summed E-state index contributed by atoms with van der Waals surface area (Å²) in [4.78, 5) is 26.9. The van der Waals surface area contributed by atoms with Crippen molar-refractivity contribution in [3.8, 4) is 0 Å². The van der Waals surface area contributed by atoms with Gasteiger partial charge in [0.25, 0.3) is 5.91 Å². The first kappa shape index (κ1) is 15.7. The number of hydrogen-bond acceptors (Lipinski definition) is 5. The minimum atomic E-state index is -0.0510. The van der Waals surface area contributed by atoms with Gasteiger partial charge in [-0.3, -0.25) is 9.78 Å². The van der Waals surface area contributed by atoms with Gasteiger partial charge in [-0.2, -0.15) is 0 Å². The fraction of sp³-hybridized carbons (Fsp3) is 0.333. The molecule has 7 nitrogen and oxygen atoms in total. The standard InChI is InChI=1S/C18H19N5O2/c24-18(15-9-19-13-20-10-15)23-6-7-25-12-14(11-23)8-16-17-2-1-4-22(17)5-3-21-16/h1-5,9-10,13-14H,6-8,11-12H2. The number of aromatic nitrogens is 4. The first-order valence-electron chi connectivity index (χ1n) is 8.34. The summed E-state index contributed by atoms with van der Waals surface area (Å²) in [5.74, 6) is 0.148. The van der Waals surface area contributed by atoms with Crippen LogP contribution in [0, 0.1) is 5.92 Å². The highest BCUT2D eigenvalue weighted by atomic mass is 16.5. The second-order valence-electron chi connectivity index (χ2n) is 6.20. The van der Waals surface area contributed by atoms with Crippen LogP contribution in [0.5, 0.6) is 0 Å². The summed E-state index contributed by atoms with van der Waals surface area (Å²) in [6.45, 7) is 2.38. The smallest absolute Gasteiger partial charge is 0.257 e. The minimum Gasteiger partial charge on any atom is -0.379 e. The van der Waals surface area contributed by atoms with E-state index in [1.165, 1.54) is 6.33 Å². The highest BCUT2D eigenvalue weighted by Crippen LogP contribution is 2.18. The predicted octanol–water partition coefficient (Wildman–Crippen LogP) is 1.46. The fourth-order valence-corrected chi connectivity index (χ4v) is 3.24. The Kier molecular flexibility index (Phi) is 4.39. The molecule has 0 bridgehead atoms. The first-order valence-corrected chi connectivity index (χ1v) is 8.34. The Morgan fingerprint density at radius 2 is 2.16 bits per heavy atom. The van der Waals surface area contributed by atoms with Gasteiger partial charge in [0.1, 0.15) is 6.33 Å². The second-order valence-corrected chi connectivity index (χ2v) is 6.20. The number of carbonyl (C=O) groups is 1. The van der Waals surface area contributed by atoms with Crippen molar-refractivity contribution in [3.05, 3.63) is 60.7 Å². The van der Waals surface area contributed by atoms with E-state index in [0.717, 1.165) is 17.6 Å². The molecule has 4 heterocycles. The van der Waals surface area contributed by atoms with Gasteiger partial charge in [0.2, 0.25) is 0 Å². The van der Waals surface area contributed by atoms with Gasteiger partial charge in [-0.25, -0.2) is 9.97 Å². The molecule has 25 heavy (non-hydrogen) atoms. The highest BCUT2D eigenvalue weighted by Gasteiger charge is 2.24. The second kappa shape index (κ2) is 6.98. The normalized spacial score (nSPS) is 18.2. The van der Waals surface area contributed by atoms with Crippen LogP contribution in [0.1, 0.15) is 16.1 Å². The van der Waals surface area contributed by atoms with Crippen LogP contribution >= 0.6 is 0 Å². The molecule has 1 atom stereocenters. The third-order valence-corrected chi connectivity index (χ3v) is 4.45. The Morgan fingerprint density at radius 3 is 3.04 bits per heavy atom. The van der Waals surface area contributed by atoms with Crippen molar-refractivity contribution in [2.45, 2.75) is 6.42 Å². The summed E-state index contributed by atoms with van der Waals surface area (Å²) >= 11 is 0. The van der Waals surface area contributed by atoms with Gasteiger partial charge < -0.3 is 14.0 Å². The molecule has 1 aliphatic rings. The number of fused-ring (bicyclic) bond motifs is 1. The lowest BCUT2D eigenvalue weighted by Gasteiger charge is -2.23. The molecule has 0 radical (unpaired) electrons. The Hall–Kier alpha value is -2.80. The third-order valence-electron chi connectivity index (χ3n) is 4.45. The number of nitrogens with zero attached hydrogens (tertiary/aromatic N) is 5. The Labute approximate surface area is 145 Å². The lowest BCUT2D eigenvalue weighted by molar-refractivity contribution is 0.0736. The minimum absolute atomic E-state index is 0.0510. The molecule has 0 N–H and O–H groups in total. The van der Waals surface area contributed by atoms with E-state index in [4.69, 9.17) is 4.74 Å². The van der Waals surface area contributed by atoms with E-state index in [-0.39, 0.29) is 11.8 Å². The zero-order valence-corrected chi connectivity index (χ0v) is 13.8. The summed E-state index contributed by atoms with van der Waals surface area (Å²) in [6.07, 6.45) is 11.1. The number of rotatable bonds is 3. The van der Waals surface area contributed by atoms with Crippen molar-refractivity contribution in [1.29, 1.82) is 0 Å². The van der Waals surface area contributed by atoms with E-state index < -0.39 is 0 Å². The fourth-order valence-electron chi connectivity index (χ4n) is 3.24. The van der Waals surface area contributed by atoms with Crippen molar-refractivity contribution >= 4 is 11.4 Å². The topological polar surface area (TPSA) is 72.6 Å². The molecule has 3 aromatic rings. The van der Waals surface area contributed by atoms with Crippen molar-refractivity contribution in [3.63, 3.8) is 0 Å². The molecule has 0 aliphatic carbocycles. The van der Waals surface area contributed by atoms with Crippen LogP contribution in [0.4, 0.5) is 0 Å². The molecule has 0 saturated carbocycles. The van der Waals surface area contributed by atoms with E-state index in [2.05, 4.69) is 25.4 Å². The zero-order chi connectivity index (χ0) is 17.1. The lowest BCUT2D eigenvalue weighted by Crippen LogP contribution is -2.36. The lowest BCUT2D eigenvalue weighted by atomic mass is 10.0. The van der Waals surface area contributed by atoms with E-state index in [1.807, 2.05) is 29.6 Å². The van der Waals surface area contributed by atoms with Gasteiger partial charge in [-0.15, -0.1) is 0 Å². The Morgan fingerprint density at radius 1 is 1.28 bits per heavy atom. The number of amides is 1. The molecule has 1 aliphatic heterocycles. The largest absolute Gasteiger partial charge is 0.379 e. The van der Waals surface area contributed by atoms with Crippen LogP contribution in [0.2, 0.25) is 0 Å². The molecule has 1 fully saturated rings. The number of carbonyl (C=O) groups excluding carboxylic acids is 1. The summed E-state index contributed by atoms with van der Waals surface area (Å²) in [5, 5.41) is 0. The summed E-state index contributed by atoms with van der Waals surface area (Å²) in [5.41, 5.74) is 2.63. The molecule has 128 valence electrons. The Balaban J connectivity index is 1.52. The van der Waals surface area contributed by atoms with Crippen LogP contribution in [0.3, 0.4) is 0 Å². The van der Waals surface area contributed by atoms with E-state index in [9.17, 15) is 4.79 Å². The van der Waals surface area contributed by atoms with E-state index in [0.29, 0.717) is 31.9 Å². The van der Waals surface area contributed by atoms with Crippen LogP contribution in [-0.2, 0) is 11.2 Å². The maximum absolute atomic E-state index is 12.7. The van der Waals surface area contributed by atoms with Crippen molar-refractivity contribution in [2.75, 3.05) is 26.3 Å². The first-order chi connectivity index (χ1) is 12.3. The molecule has 4 rings (SSSR count). The SMILES string of the molecule is O=C(c1cncnc1)N1CCOCC(Cc2nccn3cccc23)C1. The molecule has 0 spiro atoms. The maximum atomic E-state index is 12.7. The quantitative estimate of drug-likeness (QED) is 0.723. The number of ether oxygens (including phenoxy) is 1. The van der Waals surface area contributed by atoms with Crippen molar-refractivity contribution < 1.29 is 9.53 Å². The maximum Gasteiger partial charge on any atom is 0.257 e.